The molecular weight excluding hydrogens is 685 g/mol. The molecule has 0 saturated heterocycles. The molecule has 0 amide bonds. The molecule has 0 aliphatic rings. The zero-order valence-corrected chi connectivity index (χ0v) is 37.6. The first-order valence-corrected chi connectivity index (χ1v) is 24.2. The van der Waals surface area contributed by atoms with E-state index in [1.807, 2.05) is 0 Å². The van der Waals surface area contributed by atoms with Crippen LogP contribution in [0.15, 0.2) is 0 Å². The molecule has 0 N–H and O–H groups in total. The third kappa shape index (κ3) is 43.4. The number of unbranched alkanes of at least 4 members (excludes halogenated alkanes) is 28. The van der Waals surface area contributed by atoms with Gasteiger partial charge in [-0.3, -0.25) is 14.4 Å². The molecule has 0 rings (SSSR count). The average molecular weight is 779 g/mol. The maximum Gasteiger partial charge on any atom is 0.306 e. The molecular formula is C49H94O6. The molecule has 0 radical (unpaired) electrons. The van der Waals surface area contributed by atoms with Gasteiger partial charge in [0, 0.05) is 19.3 Å². The van der Waals surface area contributed by atoms with Crippen LogP contribution in [-0.2, 0) is 28.6 Å². The van der Waals surface area contributed by atoms with E-state index in [1.165, 1.54) is 154 Å². The predicted molar refractivity (Wildman–Crippen MR) is 233 cm³/mol. The van der Waals surface area contributed by atoms with Gasteiger partial charge in [0.2, 0.25) is 0 Å². The van der Waals surface area contributed by atoms with Gasteiger partial charge < -0.3 is 14.2 Å². The molecule has 0 fully saturated rings. The summed E-state index contributed by atoms with van der Waals surface area (Å²) in [4.78, 5) is 37.8. The SMILES string of the molecule is CCCCCCCCCCCCCC(=O)OC[C@@H](COC(=O)CCCCCCCCCCCCCCCC(C)C)OC(=O)CCCCCCCCCC(C)C. The second kappa shape index (κ2) is 42.0. The van der Waals surface area contributed by atoms with Crippen molar-refractivity contribution in [1.82, 2.24) is 0 Å². The van der Waals surface area contributed by atoms with E-state index in [-0.39, 0.29) is 31.1 Å². The van der Waals surface area contributed by atoms with Gasteiger partial charge in [-0.25, -0.2) is 0 Å². The lowest BCUT2D eigenvalue weighted by Gasteiger charge is -2.18. The van der Waals surface area contributed by atoms with Gasteiger partial charge in [-0.05, 0) is 31.1 Å². The van der Waals surface area contributed by atoms with E-state index in [1.54, 1.807) is 0 Å². The Bertz CT molecular complexity index is 839. The number of rotatable bonds is 43. The Balaban J connectivity index is 4.28. The molecule has 0 saturated carbocycles. The Labute approximate surface area is 342 Å². The van der Waals surface area contributed by atoms with Crippen molar-refractivity contribution >= 4 is 17.9 Å². The van der Waals surface area contributed by atoms with Gasteiger partial charge in [0.25, 0.3) is 0 Å². The molecule has 0 aromatic heterocycles. The van der Waals surface area contributed by atoms with Gasteiger partial charge >= 0.3 is 17.9 Å². The minimum absolute atomic E-state index is 0.0649. The monoisotopic (exact) mass is 779 g/mol. The van der Waals surface area contributed by atoms with E-state index >= 15 is 0 Å². The zero-order valence-electron chi connectivity index (χ0n) is 37.6. The molecule has 1 atom stereocenters. The van der Waals surface area contributed by atoms with E-state index < -0.39 is 6.10 Å². The third-order valence-corrected chi connectivity index (χ3v) is 11.0. The van der Waals surface area contributed by atoms with Crippen molar-refractivity contribution in [2.75, 3.05) is 13.2 Å². The highest BCUT2D eigenvalue weighted by Crippen LogP contribution is 2.17. The standard InChI is InChI=1S/C49H94O6/c1-6-7-8-9-10-11-15-19-24-29-34-39-47(50)53-42-46(55-49(52)41-36-31-26-21-23-28-33-38-45(4)5)43-54-48(51)40-35-30-25-20-17-14-12-13-16-18-22-27-32-37-44(2)3/h44-46H,6-43H2,1-5H3/t46-/m0/s1. The highest BCUT2D eigenvalue weighted by Gasteiger charge is 2.19. The molecule has 0 aliphatic heterocycles. The Kier molecular flexibility index (Phi) is 40.8. The molecule has 0 aromatic rings. The van der Waals surface area contributed by atoms with Crippen LogP contribution in [0.3, 0.4) is 0 Å². The molecule has 0 aromatic carbocycles. The van der Waals surface area contributed by atoms with E-state index in [2.05, 4.69) is 34.6 Å². The van der Waals surface area contributed by atoms with Crippen LogP contribution in [0, 0.1) is 11.8 Å². The summed E-state index contributed by atoms with van der Waals surface area (Å²) in [6.45, 7) is 11.3. The van der Waals surface area contributed by atoms with Crippen LogP contribution in [0.4, 0.5) is 0 Å². The largest absolute Gasteiger partial charge is 0.462 e. The van der Waals surface area contributed by atoms with Crippen LogP contribution in [0.5, 0.6) is 0 Å². The minimum atomic E-state index is -0.761. The highest BCUT2D eigenvalue weighted by molar-refractivity contribution is 5.71. The summed E-state index contributed by atoms with van der Waals surface area (Å²) in [5.74, 6) is 0.761. The number of ether oxygens (including phenoxy) is 3. The molecule has 0 aliphatic carbocycles. The van der Waals surface area contributed by atoms with E-state index in [0.717, 1.165) is 69.6 Å². The van der Waals surface area contributed by atoms with Gasteiger partial charge in [-0.2, -0.15) is 0 Å². The second-order valence-corrected chi connectivity index (χ2v) is 17.7. The van der Waals surface area contributed by atoms with Crippen LogP contribution in [0.2, 0.25) is 0 Å². The zero-order chi connectivity index (χ0) is 40.5. The maximum absolute atomic E-state index is 12.7. The Hall–Kier alpha value is -1.59. The number of hydrogen-bond acceptors (Lipinski definition) is 6. The summed E-state index contributed by atoms with van der Waals surface area (Å²) in [5, 5.41) is 0. The van der Waals surface area contributed by atoms with Crippen molar-refractivity contribution in [3.63, 3.8) is 0 Å². The fourth-order valence-electron chi connectivity index (χ4n) is 7.28. The van der Waals surface area contributed by atoms with Crippen LogP contribution >= 0.6 is 0 Å². The first-order chi connectivity index (χ1) is 26.7. The lowest BCUT2D eigenvalue weighted by atomic mass is 10.0. The fourth-order valence-corrected chi connectivity index (χ4v) is 7.28. The van der Waals surface area contributed by atoms with Gasteiger partial charge in [0.05, 0.1) is 0 Å². The molecule has 0 spiro atoms. The van der Waals surface area contributed by atoms with Gasteiger partial charge in [-0.15, -0.1) is 0 Å². The van der Waals surface area contributed by atoms with E-state index in [0.29, 0.717) is 19.3 Å². The van der Waals surface area contributed by atoms with Crippen LogP contribution in [-0.4, -0.2) is 37.2 Å². The van der Waals surface area contributed by atoms with Crippen molar-refractivity contribution in [3.8, 4) is 0 Å². The molecule has 326 valence electrons. The summed E-state index contributed by atoms with van der Waals surface area (Å²) in [7, 11) is 0. The lowest BCUT2D eigenvalue weighted by molar-refractivity contribution is -0.167. The summed E-state index contributed by atoms with van der Waals surface area (Å²) >= 11 is 0. The normalized spacial score (nSPS) is 12.1. The fraction of sp³-hybridized carbons (Fsp3) is 0.939. The Morgan fingerprint density at radius 3 is 0.891 bits per heavy atom. The van der Waals surface area contributed by atoms with Crippen molar-refractivity contribution in [3.05, 3.63) is 0 Å². The Morgan fingerprint density at radius 2 is 0.600 bits per heavy atom. The van der Waals surface area contributed by atoms with Crippen LogP contribution in [0.1, 0.15) is 266 Å². The predicted octanol–water partition coefficient (Wildman–Crippen LogP) is 15.4. The number of hydrogen-bond donors (Lipinski definition) is 0. The number of carbonyl (C=O) groups is 3. The minimum Gasteiger partial charge on any atom is -0.462 e. The Morgan fingerprint density at radius 1 is 0.345 bits per heavy atom. The lowest BCUT2D eigenvalue weighted by Crippen LogP contribution is -2.30. The third-order valence-electron chi connectivity index (χ3n) is 11.0. The van der Waals surface area contributed by atoms with Gasteiger partial charge in [0.1, 0.15) is 13.2 Å². The topological polar surface area (TPSA) is 78.9 Å². The molecule has 0 heterocycles. The summed E-state index contributed by atoms with van der Waals surface area (Å²) in [5.41, 5.74) is 0. The number of carbonyl (C=O) groups excluding carboxylic acids is 3. The van der Waals surface area contributed by atoms with Crippen LogP contribution < -0.4 is 0 Å². The van der Waals surface area contributed by atoms with Gasteiger partial charge in [0.15, 0.2) is 6.10 Å². The molecule has 0 bridgehead atoms. The summed E-state index contributed by atoms with van der Waals surface area (Å²) in [6, 6.07) is 0. The quantitative estimate of drug-likeness (QED) is 0.0348. The van der Waals surface area contributed by atoms with Crippen molar-refractivity contribution < 1.29 is 28.6 Å². The molecule has 55 heavy (non-hydrogen) atoms. The van der Waals surface area contributed by atoms with Crippen molar-refractivity contribution in [1.29, 1.82) is 0 Å². The molecule has 6 nitrogen and oxygen atoms in total. The summed E-state index contributed by atoms with van der Waals surface area (Å²) in [6.07, 6.45) is 40.9. The van der Waals surface area contributed by atoms with Crippen molar-refractivity contribution in [2.45, 2.75) is 272 Å². The van der Waals surface area contributed by atoms with Gasteiger partial charge in [-0.1, -0.05) is 227 Å². The van der Waals surface area contributed by atoms with E-state index in [9.17, 15) is 14.4 Å². The molecule has 0 unspecified atom stereocenters. The smallest absolute Gasteiger partial charge is 0.306 e. The van der Waals surface area contributed by atoms with E-state index in [4.69, 9.17) is 14.2 Å². The first kappa shape index (κ1) is 53.4. The summed E-state index contributed by atoms with van der Waals surface area (Å²) < 4.78 is 16.7. The second-order valence-electron chi connectivity index (χ2n) is 17.7. The van der Waals surface area contributed by atoms with Crippen LogP contribution in [0.25, 0.3) is 0 Å². The van der Waals surface area contributed by atoms with Crippen molar-refractivity contribution in [2.24, 2.45) is 11.8 Å². The highest BCUT2D eigenvalue weighted by atomic mass is 16.6. The average Bonchev–Trinajstić information content (AvgIpc) is 3.15. The number of esters is 3. The first-order valence-electron chi connectivity index (χ1n) is 24.2. The maximum atomic E-state index is 12.7. The molecule has 6 heteroatoms.